The summed E-state index contributed by atoms with van der Waals surface area (Å²) in [5.41, 5.74) is 0.698. The molecule has 142 valence electrons. The molecule has 8 nitrogen and oxygen atoms in total. The van der Waals surface area contributed by atoms with E-state index in [2.05, 4.69) is 24.9 Å². The van der Waals surface area contributed by atoms with E-state index in [4.69, 9.17) is 16.3 Å². The summed E-state index contributed by atoms with van der Waals surface area (Å²) >= 11 is 6.00. The fourth-order valence-electron chi connectivity index (χ4n) is 2.82. The van der Waals surface area contributed by atoms with Crippen LogP contribution in [0.25, 0.3) is 22.6 Å². The summed E-state index contributed by atoms with van der Waals surface area (Å²) in [5, 5.41) is -0.299. The molecule has 3 aromatic heterocycles. The molecule has 1 saturated heterocycles. The van der Waals surface area contributed by atoms with Gasteiger partial charge in [0.2, 0.25) is 5.28 Å². The molecule has 1 aliphatic heterocycles. The number of hydrogen-bond acceptors (Lipinski definition) is 7. The molecular weight excluding hydrogens is 387 g/mol. The Morgan fingerprint density at radius 3 is 2.44 bits per heavy atom. The molecule has 27 heavy (non-hydrogen) atoms. The van der Waals surface area contributed by atoms with Gasteiger partial charge < -0.3 is 9.64 Å². The van der Waals surface area contributed by atoms with E-state index in [1.807, 2.05) is 4.90 Å². The molecule has 0 bridgehead atoms. The number of rotatable bonds is 3. The van der Waals surface area contributed by atoms with Gasteiger partial charge in [0.25, 0.3) is 0 Å². The van der Waals surface area contributed by atoms with Crippen LogP contribution in [0.5, 0.6) is 0 Å². The van der Waals surface area contributed by atoms with E-state index in [1.54, 1.807) is 0 Å². The van der Waals surface area contributed by atoms with Gasteiger partial charge in [-0.15, -0.1) is 0 Å². The molecule has 0 radical (unpaired) electrons. The molecular formula is C15H13ClF3N7O. The van der Waals surface area contributed by atoms with Crippen molar-refractivity contribution in [1.82, 2.24) is 29.5 Å². The standard InChI is InChI=1S/C15H13ClF3N7O/c16-14-22-10-12(25-1-3-27-4-2-25)23-11(9-5-20-8-21-6-9)24-13(10)26(14)7-15(17,18)19/h5-6,8H,1-4,7H2. The summed E-state index contributed by atoms with van der Waals surface area (Å²) in [7, 11) is 0. The highest BCUT2D eigenvalue weighted by Crippen LogP contribution is 2.31. The van der Waals surface area contributed by atoms with Gasteiger partial charge in [-0.05, 0) is 11.6 Å². The van der Waals surface area contributed by atoms with Crippen molar-refractivity contribution in [2.75, 3.05) is 31.2 Å². The molecule has 0 aliphatic carbocycles. The predicted octanol–water partition coefficient (Wildman–Crippen LogP) is 2.34. The van der Waals surface area contributed by atoms with Crippen molar-refractivity contribution in [2.45, 2.75) is 12.7 Å². The first-order valence-electron chi connectivity index (χ1n) is 8.01. The van der Waals surface area contributed by atoms with Crippen LogP contribution in [0.1, 0.15) is 0 Å². The number of alkyl halides is 3. The normalized spacial score (nSPS) is 15.5. The van der Waals surface area contributed by atoms with Crippen LogP contribution in [0.3, 0.4) is 0 Å². The Kier molecular flexibility index (Phi) is 4.56. The third kappa shape index (κ3) is 3.65. The van der Waals surface area contributed by atoms with Gasteiger partial charge >= 0.3 is 6.18 Å². The molecule has 3 aromatic rings. The van der Waals surface area contributed by atoms with E-state index in [9.17, 15) is 13.2 Å². The first-order chi connectivity index (χ1) is 12.9. The molecule has 0 amide bonds. The number of nitrogens with zero attached hydrogens (tertiary/aromatic N) is 7. The van der Waals surface area contributed by atoms with Crippen LogP contribution in [0.15, 0.2) is 18.7 Å². The first kappa shape index (κ1) is 17.9. The van der Waals surface area contributed by atoms with Crippen molar-refractivity contribution in [3.63, 3.8) is 0 Å². The highest BCUT2D eigenvalue weighted by atomic mass is 35.5. The van der Waals surface area contributed by atoms with Gasteiger partial charge in [0, 0.05) is 25.5 Å². The van der Waals surface area contributed by atoms with Crippen molar-refractivity contribution in [2.24, 2.45) is 0 Å². The zero-order valence-electron chi connectivity index (χ0n) is 13.8. The van der Waals surface area contributed by atoms with E-state index in [0.717, 1.165) is 4.57 Å². The fraction of sp³-hybridized carbons (Fsp3) is 0.400. The molecule has 4 rings (SSSR count). The predicted molar refractivity (Wildman–Crippen MR) is 90.4 cm³/mol. The number of halogens is 4. The number of fused-ring (bicyclic) bond motifs is 1. The van der Waals surface area contributed by atoms with E-state index < -0.39 is 12.7 Å². The molecule has 0 aromatic carbocycles. The van der Waals surface area contributed by atoms with Crippen LogP contribution in [-0.2, 0) is 11.3 Å². The minimum Gasteiger partial charge on any atom is -0.378 e. The van der Waals surface area contributed by atoms with Gasteiger partial charge in [-0.2, -0.15) is 13.2 Å². The lowest BCUT2D eigenvalue weighted by atomic mass is 10.3. The number of ether oxygens (including phenoxy) is 1. The Balaban J connectivity index is 1.93. The molecule has 12 heteroatoms. The lowest BCUT2D eigenvalue weighted by Gasteiger charge is -2.28. The summed E-state index contributed by atoms with van der Waals surface area (Å²) in [6.45, 7) is 0.715. The zero-order chi connectivity index (χ0) is 19.0. The van der Waals surface area contributed by atoms with Crippen LogP contribution >= 0.6 is 11.6 Å². The van der Waals surface area contributed by atoms with Gasteiger partial charge in [0.15, 0.2) is 22.8 Å². The van der Waals surface area contributed by atoms with Gasteiger partial charge in [-0.1, -0.05) is 0 Å². The number of anilines is 1. The maximum Gasteiger partial charge on any atom is 0.406 e. The van der Waals surface area contributed by atoms with Gasteiger partial charge in [-0.25, -0.2) is 24.9 Å². The Hall–Kier alpha value is -2.53. The van der Waals surface area contributed by atoms with Gasteiger partial charge in [0.1, 0.15) is 12.9 Å². The van der Waals surface area contributed by atoms with Crippen molar-refractivity contribution in [3.8, 4) is 11.4 Å². The van der Waals surface area contributed by atoms with Crippen molar-refractivity contribution in [1.29, 1.82) is 0 Å². The van der Waals surface area contributed by atoms with Crippen LogP contribution in [0.4, 0.5) is 19.0 Å². The average Bonchev–Trinajstić information content (AvgIpc) is 2.96. The first-order valence-corrected chi connectivity index (χ1v) is 8.39. The van der Waals surface area contributed by atoms with Crippen LogP contribution in [0, 0.1) is 0 Å². The van der Waals surface area contributed by atoms with E-state index >= 15 is 0 Å². The summed E-state index contributed by atoms with van der Waals surface area (Å²) in [6, 6.07) is 0. The Morgan fingerprint density at radius 2 is 1.78 bits per heavy atom. The number of aromatic nitrogens is 6. The second-order valence-corrected chi connectivity index (χ2v) is 6.19. The van der Waals surface area contributed by atoms with Gasteiger partial charge in [-0.3, -0.25) is 4.57 Å². The Bertz CT molecular complexity index is 957. The monoisotopic (exact) mass is 399 g/mol. The third-order valence-electron chi connectivity index (χ3n) is 4.00. The molecule has 1 fully saturated rings. The quantitative estimate of drug-likeness (QED) is 0.625. The highest BCUT2D eigenvalue weighted by Gasteiger charge is 2.32. The number of imidazole rings is 1. The second kappa shape index (κ2) is 6.89. The van der Waals surface area contributed by atoms with Crippen LogP contribution < -0.4 is 4.90 Å². The summed E-state index contributed by atoms with van der Waals surface area (Å²) in [4.78, 5) is 22.6. The van der Waals surface area contributed by atoms with Crippen molar-refractivity contribution >= 4 is 28.6 Å². The zero-order valence-corrected chi connectivity index (χ0v) is 14.6. The maximum absolute atomic E-state index is 13.0. The van der Waals surface area contributed by atoms with Crippen LogP contribution in [-0.4, -0.2) is 62.0 Å². The fourth-order valence-corrected chi connectivity index (χ4v) is 3.04. The third-order valence-corrected chi connectivity index (χ3v) is 4.29. The average molecular weight is 400 g/mol. The molecule has 0 spiro atoms. The van der Waals surface area contributed by atoms with E-state index in [-0.39, 0.29) is 22.3 Å². The summed E-state index contributed by atoms with van der Waals surface area (Å²) in [5.74, 6) is 0.606. The molecule has 0 atom stereocenters. The maximum atomic E-state index is 13.0. The largest absolute Gasteiger partial charge is 0.406 e. The number of hydrogen-bond donors (Lipinski definition) is 0. The lowest BCUT2D eigenvalue weighted by molar-refractivity contribution is -0.140. The smallest absolute Gasteiger partial charge is 0.378 e. The molecule has 0 N–H and O–H groups in total. The topological polar surface area (TPSA) is 81.9 Å². The summed E-state index contributed by atoms with van der Waals surface area (Å²) < 4.78 is 45.2. The molecule has 1 aliphatic rings. The molecule has 0 saturated carbocycles. The molecule has 4 heterocycles. The number of morpholine rings is 1. The van der Waals surface area contributed by atoms with Crippen molar-refractivity contribution in [3.05, 3.63) is 24.0 Å². The van der Waals surface area contributed by atoms with E-state index in [0.29, 0.717) is 37.7 Å². The molecule has 0 unspecified atom stereocenters. The Morgan fingerprint density at radius 1 is 1.07 bits per heavy atom. The van der Waals surface area contributed by atoms with Crippen molar-refractivity contribution < 1.29 is 17.9 Å². The SMILES string of the molecule is FC(F)(F)Cn1c(Cl)nc2c(N3CCOCC3)nc(-c3cncnc3)nc21. The minimum absolute atomic E-state index is 0.00710. The Labute approximate surface area is 156 Å². The van der Waals surface area contributed by atoms with Gasteiger partial charge in [0.05, 0.1) is 18.8 Å². The highest BCUT2D eigenvalue weighted by molar-refractivity contribution is 6.29. The lowest BCUT2D eigenvalue weighted by Crippen LogP contribution is -2.37. The minimum atomic E-state index is -4.47. The van der Waals surface area contributed by atoms with Crippen LogP contribution in [0.2, 0.25) is 5.28 Å². The summed E-state index contributed by atoms with van der Waals surface area (Å²) in [6.07, 6.45) is -0.153. The second-order valence-electron chi connectivity index (χ2n) is 5.85. The van der Waals surface area contributed by atoms with E-state index in [1.165, 1.54) is 18.7 Å².